The molecule has 2 heterocycles. The van der Waals surface area contributed by atoms with Crippen molar-refractivity contribution in [1.29, 1.82) is 5.26 Å². The molecule has 1 aliphatic rings. The summed E-state index contributed by atoms with van der Waals surface area (Å²) in [5.74, 6) is 0.547. The fourth-order valence-corrected chi connectivity index (χ4v) is 3.33. The van der Waals surface area contributed by atoms with Gasteiger partial charge in [-0.3, -0.25) is 4.21 Å². The van der Waals surface area contributed by atoms with Crippen LogP contribution in [0.25, 0.3) is 0 Å². The van der Waals surface area contributed by atoms with Crippen molar-refractivity contribution in [1.82, 2.24) is 10.3 Å². The maximum absolute atomic E-state index is 12.2. The molecule has 2 rings (SSSR count). The molecule has 0 bridgehead atoms. The Morgan fingerprint density at radius 1 is 1.59 bits per heavy atom. The minimum absolute atomic E-state index is 0.290. The zero-order valence-corrected chi connectivity index (χ0v) is 10.4. The molecular formula is C12H15N3OS. The summed E-state index contributed by atoms with van der Waals surface area (Å²) in [6.07, 6.45) is 5.02. The van der Waals surface area contributed by atoms with Crippen LogP contribution in [0.5, 0.6) is 0 Å². The number of rotatable bonds is 3. The summed E-state index contributed by atoms with van der Waals surface area (Å²) < 4.78 is 12.2. The van der Waals surface area contributed by atoms with Crippen LogP contribution in [0.2, 0.25) is 0 Å². The molecule has 90 valence electrons. The van der Waals surface area contributed by atoms with Gasteiger partial charge in [0.1, 0.15) is 11.1 Å². The third-order valence-corrected chi connectivity index (χ3v) is 4.33. The van der Waals surface area contributed by atoms with E-state index in [2.05, 4.69) is 10.3 Å². The molecule has 0 amide bonds. The van der Waals surface area contributed by atoms with Crippen molar-refractivity contribution >= 4 is 10.8 Å². The molecule has 0 unspecified atom stereocenters. The number of piperidine rings is 1. The molecule has 1 N–H and O–H groups in total. The number of nitrogens with one attached hydrogen (secondary N) is 1. The van der Waals surface area contributed by atoms with Gasteiger partial charge in [-0.15, -0.1) is 0 Å². The number of aromatic nitrogens is 1. The fourth-order valence-electron chi connectivity index (χ4n) is 1.99. The van der Waals surface area contributed by atoms with Crippen LogP contribution in [0.3, 0.4) is 0 Å². The number of hydrogen-bond donors (Lipinski definition) is 1. The lowest BCUT2D eigenvalue weighted by Crippen LogP contribution is -2.38. The largest absolute Gasteiger partial charge is 0.313 e. The highest BCUT2D eigenvalue weighted by atomic mass is 32.2. The van der Waals surface area contributed by atoms with Gasteiger partial charge in [-0.05, 0) is 31.5 Å². The van der Waals surface area contributed by atoms with Crippen LogP contribution in [0.15, 0.2) is 23.4 Å². The first kappa shape index (κ1) is 12.2. The highest BCUT2D eigenvalue weighted by Gasteiger charge is 2.18. The van der Waals surface area contributed by atoms with Crippen molar-refractivity contribution < 1.29 is 4.21 Å². The van der Waals surface area contributed by atoms with E-state index in [4.69, 9.17) is 5.26 Å². The Bertz CT molecular complexity index is 449. The van der Waals surface area contributed by atoms with Gasteiger partial charge in [0, 0.05) is 18.0 Å². The number of nitriles is 1. The number of pyridine rings is 1. The van der Waals surface area contributed by atoms with Gasteiger partial charge in [-0.2, -0.15) is 5.26 Å². The second-order valence-corrected chi connectivity index (χ2v) is 5.54. The Morgan fingerprint density at radius 2 is 2.47 bits per heavy atom. The zero-order valence-electron chi connectivity index (χ0n) is 9.56. The molecule has 2 atom stereocenters. The van der Waals surface area contributed by atoms with Crippen molar-refractivity contribution in [3.8, 4) is 6.07 Å². The first-order valence-electron chi connectivity index (χ1n) is 5.78. The molecule has 1 aromatic heterocycles. The number of nitrogens with zero attached hydrogens (tertiary/aromatic N) is 2. The zero-order chi connectivity index (χ0) is 12.1. The van der Waals surface area contributed by atoms with Gasteiger partial charge in [0.05, 0.1) is 16.4 Å². The van der Waals surface area contributed by atoms with Crippen LogP contribution in [0, 0.1) is 11.3 Å². The minimum atomic E-state index is -1.19. The van der Waals surface area contributed by atoms with E-state index in [0.29, 0.717) is 16.3 Å². The lowest BCUT2D eigenvalue weighted by Gasteiger charge is -2.22. The Hall–Kier alpha value is -1.25. The SMILES string of the molecule is N#Cc1cccnc1[S@](=O)C[C@@H]1CCCCN1. The lowest BCUT2D eigenvalue weighted by atomic mass is 10.1. The van der Waals surface area contributed by atoms with E-state index in [0.717, 1.165) is 13.0 Å². The van der Waals surface area contributed by atoms with Crippen molar-refractivity contribution in [2.24, 2.45) is 0 Å². The molecule has 0 radical (unpaired) electrons. The van der Waals surface area contributed by atoms with Crippen LogP contribution in [0.1, 0.15) is 24.8 Å². The van der Waals surface area contributed by atoms with E-state index in [9.17, 15) is 4.21 Å². The lowest BCUT2D eigenvalue weighted by molar-refractivity contribution is 0.427. The number of hydrogen-bond acceptors (Lipinski definition) is 4. The summed E-state index contributed by atoms with van der Waals surface area (Å²) in [5, 5.41) is 12.7. The molecular weight excluding hydrogens is 234 g/mol. The quantitative estimate of drug-likeness (QED) is 0.874. The van der Waals surface area contributed by atoms with Crippen molar-refractivity contribution in [2.75, 3.05) is 12.3 Å². The molecule has 0 saturated carbocycles. The molecule has 1 fully saturated rings. The third-order valence-electron chi connectivity index (χ3n) is 2.87. The first-order chi connectivity index (χ1) is 8.31. The van der Waals surface area contributed by atoms with E-state index in [1.807, 2.05) is 6.07 Å². The third kappa shape index (κ3) is 3.11. The second-order valence-electron chi connectivity index (χ2n) is 4.13. The van der Waals surface area contributed by atoms with E-state index in [1.54, 1.807) is 18.3 Å². The molecule has 1 saturated heterocycles. The topological polar surface area (TPSA) is 65.8 Å². The molecule has 17 heavy (non-hydrogen) atoms. The van der Waals surface area contributed by atoms with E-state index in [-0.39, 0.29) is 6.04 Å². The van der Waals surface area contributed by atoms with E-state index in [1.165, 1.54) is 12.8 Å². The first-order valence-corrected chi connectivity index (χ1v) is 7.10. The monoisotopic (exact) mass is 249 g/mol. The predicted molar refractivity (Wildman–Crippen MR) is 65.9 cm³/mol. The molecule has 1 aromatic rings. The van der Waals surface area contributed by atoms with Gasteiger partial charge in [-0.1, -0.05) is 6.42 Å². The van der Waals surface area contributed by atoms with Gasteiger partial charge < -0.3 is 5.32 Å². The van der Waals surface area contributed by atoms with Crippen molar-refractivity contribution in [3.63, 3.8) is 0 Å². The summed E-state index contributed by atoms with van der Waals surface area (Å²) in [6, 6.07) is 5.68. The summed E-state index contributed by atoms with van der Waals surface area (Å²) >= 11 is 0. The molecule has 5 heteroatoms. The van der Waals surface area contributed by atoms with Gasteiger partial charge in [-0.25, -0.2) is 4.98 Å². The molecule has 4 nitrogen and oxygen atoms in total. The highest BCUT2D eigenvalue weighted by Crippen LogP contribution is 2.14. The Labute approximate surface area is 104 Å². The van der Waals surface area contributed by atoms with Crippen molar-refractivity contribution in [3.05, 3.63) is 23.9 Å². The normalized spacial score (nSPS) is 21.7. The van der Waals surface area contributed by atoms with Gasteiger partial charge in [0.25, 0.3) is 0 Å². The van der Waals surface area contributed by atoms with E-state index >= 15 is 0 Å². The summed E-state index contributed by atoms with van der Waals surface area (Å²) in [4.78, 5) is 4.06. The van der Waals surface area contributed by atoms with Crippen molar-refractivity contribution in [2.45, 2.75) is 30.3 Å². The molecule has 1 aliphatic heterocycles. The second kappa shape index (κ2) is 5.89. The average molecular weight is 249 g/mol. The maximum atomic E-state index is 12.2. The maximum Gasteiger partial charge on any atom is 0.144 e. The standard InChI is InChI=1S/C12H15N3OS/c13-8-10-4-3-7-15-12(10)17(16)9-11-5-1-2-6-14-11/h3-4,7,11,14H,1-2,5-6,9H2/t11-,17+/m0/s1. The summed E-state index contributed by atoms with van der Waals surface area (Å²) in [7, 11) is -1.19. The summed E-state index contributed by atoms with van der Waals surface area (Å²) in [5.41, 5.74) is 0.418. The van der Waals surface area contributed by atoms with Gasteiger partial charge >= 0.3 is 0 Å². The molecule has 0 aromatic carbocycles. The highest BCUT2D eigenvalue weighted by molar-refractivity contribution is 7.85. The Balaban J connectivity index is 2.06. The minimum Gasteiger partial charge on any atom is -0.313 e. The van der Waals surface area contributed by atoms with Gasteiger partial charge in [0.15, 0.2) is 0 Å². The molecule has 0 aliphatic carbocycles. The predicted octanol–water partition coefficient (Wildman–Crippen LogP) is 1.20. The van der Waals surface area contributed by atoms with Gasteiger partial charge in [0.2, 0.25) is 0 Å². The molecule has 0 spiro atoms. The van der Waals surface area contributed by atoms with Crippen LogP contribution >= 0.6 is 0 Å². The Kier molecular flexibility index (Phi) is 4.24. The smallest absolute Gasteiger partial charge is 0.144 e. The van der Waals surface area contributed by atoms with E-state index < -0.39 is 10.8 Å². The van der Waals surface area contributed by atoms with Crippen LogP contribution in [0.4, 0.5) is 0 Å². The summed E-state index contributed by atoms with van der Waals surface area (Å²) in [6.45, 7) is 0.995. The van der Waals surface area contributed by atoms with Crippen LogP contribution in [-0.4, -0.2) is 27.5 Å². The Morgan fingerprint density at radius 3 is 3.18 bits per heavy atom. The van der Waals surface area contributed by atoms with Crippen LogP contribution in [-0.2, 0) is 10.8 Å². The average Bonchev–Trinajstić information content (AvgIpc) is 2.40. The fraction of sp³-hybridized carbons (Fsp3) is 0.500. The van der Waals surface area contributed by atoms with Crippen LogP contribution < -0.4 is 5.32 Å².